The number of aliphatic imine (C=N–C) groups is 1. The summed E-state index contributed by atoms with van der Waals surface area (Å²) < 4.78 is 6.62. The summed E-state index contributed by atoms with van der Waals surface area (Å²) >= 11 is 1.20. The highest BCUT2D eigenvalue weighted by Gasteiger charge is 2.25. The largest absolute Gasteiger partial charge is 0.467 e. The first kappa shape index (κ1) is 30.4. The zero-order chi connectivity index (χ0) is 26.9. The number of guanidine groups is 1. The van der Waals surface area contributed by atoms with Crippen molar-refractivity contribution in [2.45, 2.75) is 36.2 Å². The number of benzene rings is 2. The van der Waals surface area contributed by atoms with Crippen LogP contribution >= 0.6 is 24.4 Å². The number of esters is 1. The number of para-hydroxylation sites is 2. The van der Waals surface area contributed by atoms with Crippen molar-refractivity contribution >= 4 is 58.8 Å². The Hall–Kier alpha value is -3.81. The second kappa shape index (κ2) is 14.2. The van der Waals surface area contributed by atoms with Gasteiger partial charge in [-0.1, -0.05) is 30.3 Å². The number of halogens is 1. The molecule has 1 heterocycles. The van der Waals surface area contributed by atoms with Crippen molar-refractivity contribution in [1.29, 1.82) is 0 Å². The van der Waals surface area contributed by atoms with Gasteiger partial charge in [-0.2, -0.15) is 0 Å². The van der Waals surface area contributed by atoms with Gasteiger partial charge >= 0.3 is 5.97 Å². The molecule has 14 heteroatoms. The van der Waals surface area contributed by atoms with Gasteiger partial charge in [0, 0.05) is 24.2 Å². The maximum absolute atomic E-state index is 12.9. The molecule has 2 aromatic carbocycles. The van der Waals surface area contributed by atoms with Gasteiger partial charge in [0.15, 0.2) is 5.96 Å². The zero-order valence-electron chi connectivity index (χ0n) is 20.6. The fourth-order valence-corrected chi connectivity index (χ4v) is 4.78. The third kappa shape index (κ3) is 7.84. The van der Waals surface area contributed by atoms with Crippen molar-refractivity contribution in [1.82, 2.24) is 9.29 Å². The number of ether oxygens (including phenoxy) is 1. The minimum absolute atomic E-state index is 0. The molecule has 0 saturated heterocycles. The molecule has 204 valence electrons. The molecule has 7 N–H and O–H groups in total. The molecule has 2 atom stereocenters. The zero-order valence-corrected chi connectivity index (χ0v) is 22.2. The van der Waals surface area contributed by atoms with E-state index in [1.54, 1.807) is 18.2 Å². The fourth-order valence-electron chi connectivity index (χ4n) is 3.75. The standard InChI is InChI=1S/C24H29N7O5S.ClH/c1-36-23(33)18(8-6-12-28-24(26)27)29-22(32)17(25)13-15-14-30(19-9-3-2-7-16(15)19)37-21-11-5-4-10-20(21)31(34)35;/h2-5,7,9-11,14,17-18H,6,8,12-13,25H2,1H3,(H,29,32)(H4,26,27,28);1H/t17-,18+;/m0./s1. The van der Waals surface area contributed by atoms with E-state index in [1.165, 1.54) is 25.1 Å². The average Bonchev–Trinajstić information content (AvgIpc) is 3.22. The van der Waals surface area contributed by atoms with Crippen LogP contribution in [0.1, 0.15) is 18.4 Å². The molecule has 0 aliphatic carbocycles. The number of nitrogens with one attached hydrogen (secondary N) is 1. The molecule has 0 aliphatic heterocycles. The number of fused-ring (bicyclic) bond motifs is 1. The third-order valence-electron chi connectivity index (χ3n) is 5.54. The first-order valence-electron chi connectivity index (χ1n) is 11.4. The van der Waals surface area contributed by atoms with Crippen molar-refractivity contribution in [2.24, 2.45) is 22.2 Å². The Balaban J connectivity index is 0.00000507. The molecule has 0 saturated carbocycles. The lowest BCUT2D eigenvalue weighted by Crippen LogP contribution is -2.49. The Kier molecular flexibility index (Phi) is 11.4. The quantitative estimate of drug-likeness (QED) is 0.0637. The van der Waals surface area contributed by atoms with Crippen LogP contribution in [0.25, 0.3) is 10.9 Å². The molecule has 1 aromatic heterocycles. The summed E-state index contributed by atoms with van der Waals surface area (Å²) in [7, 11) is 1.24. The lowest BCUT2D eigenvalue weighted by molar-refractivity contribution is -0.387. The molecule has 3 aromatic rings. The average molecular weight is 564 g/mol. The molecule has 12 nitrogen and oxygen atoms in total. The normalized spacial score (nSPS) is 12.2. The highest BCUT2D eigenvalue weighted by molar-refractivity contribution is 7.98. The van der Waals surface area contributed by atoms with Gasteiger partial charge in [0.25, 0.3) is 5.69 Å². The first-order valence-corrected chi connectivity index (χ1v) is 12.2. The summed E-state index contributed by atoms with van der Waals surface area (Å²) in [5, 5.41) is 15.0. The lowest BCUT2D eigenvalue weighted by atomic mass is 10.0. The van der Waals surface area contributed by atoms with Gasteiger partial charge in [0.2, 0.25) is 5.91 Å². The molecule has 0 unspecified atom stereocenters. The Morgan fingerprint density at radius 2 is 1.87 bits per heavy atom. The highest BCUT2D eigenvalue weighted by atomic mass is 35.5. The number of carbonyl (C=O) groups excluding carboxylic acids is 2. The number of hydrogen-bond donors (Lipinski definition) is 4. The van der Waals surface area contributed by atoms with E-state index in [-0.39, 0.29) is 36.9 Å². The van der Waals surface area contributed by atoms with Crippen LogP contribution in [0.4, 0.5) is 5.69 Å². The smallest absolute Gasteiger partial charge is 0.328 e. The number of nitrogens with zero attached hydrogens (tertiary/aromatic N) is 3. The minimum atomic E-state index is -0.958. The molecule has 1 amide bonds. The first-order chi connectivity index (χ1) is 17.7. The molecule has 0 spiro atoms. The second-order valence-corrected chi connectivity index (χ2v) is 9.17. The number of nitrogens with two attached hydrogens (primary N) is 3. The molecule has 0 bridgehead atoms. The van der Waals surface area contributed by atoms with Crippen LogP contribution in [0.3, 0.4) is 0 Å². The maximum atomic E-state index is 12.9. The van der Waals surface area contributed by atoms with Gasteiger partial charge in [-0.15, -0.1) is 12.4 Å². The van der Waals surface area contributed by atoms with Crippen LogP contribution in [0.2, 0.25) is 0 Å². The fraction of sp³-hybridized carbons (Fsp3) is 0.292. The number of amides is 1. The Labute approximate surface area is 229 Å². The minimum Gasteiger partial charge on any atom is -0.467 e. The van der Waals surface area contributed by atoms with E-state index >= 15 is 0 Å². The molecule has 0 fully saturated rings. The Morgan fingerprint density at radius 3 is 2.55 bits per heavy atom. The Bertz CT molecular complexity index is 1310. The van der Waals surface area contributed by atoms with Gasteiger partial charge in [-0.05, 0) is 48.9 Å². The summed E-state index contributed by atoms with van der Waals surface area (Å²) in [5.74, 6) is -1.16. The van der Waals surface area contributed by atoms with Gasteiger partial charge < -0.3 is 27.3 Å². The molecule has 0 aliphatic rings. The van der Waals surface area contributed by atoms with Crippen LogP contribution < -0.4 is 22.5 Å². The monoisotopic (exact) mass is 563 g/mol. The van der Waals surface area contributed by atoms with Crippen LogP contribution in [0, 0.1) is 10.1 Å². The summed E-state index contributed by atoms with van der Waals surface area (Å²) in [6, 6.07) is 12.1. The van der Waals surface area contributed by atoms with Crippen molar-refractivity contribution in [3.8, 4) is 0 Å². The van der Waals surface area contributed by atoms with E-state index in [0.29, 0.717) is 17.9 Å². The van der Waals surface area contributed by atoms with Crippen LogP contribution in [0.15, 0.2) is 64.6 Å². The van der Waals surface area contributed by atoms with Gasteiger partial charge in [0.05, 0.1) is 23.6 Å². The Morgan fingerprint density at radius 1 is 1.18 bits per heavy atom. The SMILES string of the molecule is COC(=O)[C@@H](CCCN=C(N)N)NC(=O)[C@@H](N)Cc1cn(Sc2ccccc2[N+](=O)[O-])c2ccccc12.Cl. The summed E-state index contributed by atoms with van der Waals surface area (Å²) in [4.78, 5) is 40.4. The number of nitro groups is 1. The number of methoxy groups -OCH3 is 1. The number of rotatable bonds is 12. The third-order valence-corrected chi connectivity index (χ3v) is 6.58. The summed E-state index contributed by atoms with van der Waals surface area (Å²) in [6.07, 6.45) is 2.71. The number of nitro benzene ring substituents is 1. The maximum Gasteiger partial charge on any atom is 0.328 e. The number of aromatic nitrogens is 1. The van der Waals surface area contributed by atoms with E-state index in [0.717, 1.165) is 16.5 Å². The lowest BCUT2D eigenvalue weighted by Gasteiger charge is -2.19. The highest BCUT2D eigenvalue weighted by Crippen LogP contribution is 2.34. The summed E-state index contributed by atoms with van der Waals surface area (Å²) in [6.45, 7) is 0.300. The van der Waals surface area contributed by atoms with Gasteiger partial charge in [-0.25, -0.2) is 4.79 Å². The predicted molar refractivity (Wildman–Crippen MR) is 149 cm³/mol. The van der Waals surface area contributed by atoms with Gasteiger partial charge in [-0.3, -0.25) is 23.9 Å². The molecule has 38 heavy (non-hydrogen) atoms. The number of carbonyl (C=O) groups is 2. The molecular weight excluding hydrogens is 534 g/mol. The molecule has 3 rings (SSSR count). The number of hydrogen-bond acceptors (Lipinski definition) is 8. The topological polar surface area (TPSA) is 194 Å². The van der Waals surface area contributed by atoms with Crippen molar-refractivity contribution in [2.75, 3.05) is 13.7 Å². The van der Waals surface area contributed by atoms with Crippen LogP contribution in [-0.2, 0) is 20.7 Å². The molecular formula is C24H30ClN7O5S. The van der Waals surface area contributed by atoms with E-state index in [4.69, 9.17) is 21.9 Å². The van der Waals surface area contributed by atoms with Crippen molar-refractivity contribution < 1.29 is 19.2 Å². The summed E-state index contributed by atoms with van der Waals surface area (Å²) in [5.41, 5.74) is 18.4. The van der Waals surface area contributed by atoms with E-state index in [9.17, 15) is 19.7 Å². The van der Waals surface area contributed by atoms with Crippen LogP contribution in [-0.4, -0.2) is 52.5 Å². The van der Waals surface area contributed by atoms with E-state index in [1.807, 2.05) is 34.4 Å². The predicted octanol–water partition coefficient (Wildman–Crippen LogP) is 2.11. The molecule has 0 radical (unpaired) electrons. The van der Waals surface area contributed by atoms with E-state index < -0.39 is 28.9 Å². The van der Waals surface area contributed by atoms with Crippen molar-refractivity contribution in [3.63, 3.8) is 0 Å². The van der Waals surface area contributed by atoms with Crippen molar-refractivity contribution in [3.05, 3.63) is 70.4 Å². The second-order valence-electron chi connectivity index (χ2n) is 8.16. The van der Waals surface area contributed by atoms with Crippen LogP contribution in [0.5, 0.6) is 0 Å². The van der Waals surface area contributed by atoms with Gasteiger partial charge in [0.1, 0.15) is 10.9 Å². The van der Waals surface area contributed by atoms with E-state index in [2.05, 4.69) is 10.3 Å².